The molecule has 2 aromatic rings. The van der Waals surface area contributed by atoms with E-state index in [1.54, 1.807) is 31.4 Å². The average Bonchev–Trinajstić information content (AvgIpc) is 2.96. The zero-order chi connectivity index (χ0) is 19.0. The number of anilines is 3. The molecule has 2 aliphatic heterocycles. The quantitative estimate of drug-likeness (QED) is 0.847. The molecule has 1 aromatic heterocycles. The van der Waals surface area contributed by atoms with Gasteiger partial charge in [0.25, 0.3) is 10.0 Å². The first-order valence-electron chi connectivity index (χ1n) is 8.65. The SMILES string of the molecule is CN1C(=O)Cc2cc(S(=O)(=O)Nc3ccc(N4CCOCC4)cn3)ccc21. The number of benzene rings is 1. The number of morpholine rings is 1. The molecule has 9 heteroatoms. The van der Waals surface area contributed by atoms with Crippen LogP contribution in [0.4, 0.5) is 17.2 Å². The maximum atomic E-state index is 12.7. The first kappa shape index (κ1) is 17.7. The van der Waals surface area contributed by atoms with Crippen molar-refractivity contribution in [3.05, 3.63) is 42.1 Å². The van der Waals surface area contributed by atoms with Crippen LogP contribution in [0.1, 0.15) is 5.56 Å². The lowest BCUT2D eigenvalue weighted by molar-refractivity contribution is -0.117. The number of nitrogens with one attached hydrogen (secondary N) is 1. The zero-order valence-electron chi connectivity index (χ0n) is 14.9. The summed E-state index contributed by atoms with van der Waals surface area (Å²) in [5.41, 5.74) is 2.38. The molecule has 8 nitrogen and oxygen atoms in total. The number of carbonyl (C=O) groups excluding carboxylic acids is 1. The second kappa shape index (κ2) is 6.82. The largest absolute Gasteiger partial charge is 0.378 e. The summed E-state index contributed by atoms with van der Waals surface area (Å²) >= 11 is 0. The van der Waals surface area contributed by atoms with Crippen LogP contribution in [0.15, 0.2) is 41.4 Å². The van der Waals surface area contributed by atoms with Crippen LogP contribution in [-0.2, 0) is 26.0 Å². The molecule has 2 aliphatic rings. The van der Waals surface area contributed by atoms with Crippen molar-refractivity contribution < 1.29 is 17.9 Å². The van der Waals surface area contributed by atoms with E-state index in [0.717, 1.165) is 24.5 Å². The summed E-state index contributed by atoms with van der Waals surface area (Å²) in [5.74, 6) is 0.202. The van der Waals surface area contributed by atoms with Crippen molar-refractivity contribution in [1.82, 2.24) is 4.98 Å². The van der Waals surface area contributed by atoms with Gasteiger partial charge in [-0.15, -0.1) is 0 Å². The first-order valence-corrected chi connectivity index (χ1v) is 10.1. The molecule has 1 amide bonds. The van der Waals surface area contributed by atoms with Crippen molar-refractivity contribution in [1.29, 1.82) is 0 Å². The summed E-state index contributed by atoms with van der Waals surface area (Å²) in [6, 6.07) is 8.18. The van der Waals surface area contributed by atoms with Crippen LogP contribution in [0, 0.1) is 0 Å². The number of rotatable bonds is 4. The Balaban J connectivity index is 1.52. The van der Waals surface area contributed by atoms with E-state index in [2.05, 4.69) is 14.6 Å². The smallest absolute Gasteiger partial charge is 0.263 e. The van der Waals surface area contributed by atoms with Gasteiger partial charge in [0.05, 0.1) is 36.4 Å². The van der Waals surface area contributed by atoms with Crippen LogP contribution in [0.2, 0.25) is 0 Å². The van der Waals surface area contributed by atoms with Crippen molar-refractivity contribution in [2.24, 2.45) is 0 Å². The van der Waals surface area contributed by atoms with Gasteiger partial charge in [-0.05, 0) is 35.9 Å². The van der Waals surface area contributed by atoms with Gasteiger partial charge in [-0.3, -0.25) is 9.52 Å². The second-order valence-electron chi connectivity index (χ2n) is 6.53. The van der Waals surface area contributed by atoms with E-state index >= 15 is 0 Å². The number of hydrogen-bond donors (Lipinski definition) is 1. The third-order valence-corrected chi connectivity index (χ3v) is 6.15. The number of fused-ring (bicyclic) bond motifs is 1. The Labute approximate surface area is 157 Å². The highest BCUT2D eigenvalue weighted by Crippen LogP contribution is 2.30. The van der Waals surface area contributed by atoms with Gasteiger partial charge in [0.15, 0.2) is 0 Å². The third kappa shape index (κ3) is 3.47. The van der Waals surface area contributed by atoms with Crippen molar-refractivity contribution in [2.75, 3.05) is 47.9 Å². The lowest BCUT2D eigenvalue weighted by atomic mass is 10.2. The number of carbonyl (C=O) groups is 1. The lowest BCUT2D eigenvalue weighted by Crippen LogP contribution is -2.36. The summed E-state index contributed by atoms with van der Waals surface area (Å²) in [5, 5.41) is 0. The molecule has 0 unspecified atom stereocenters. The maximum absolute atomic E-state index is 12.7. The monoisotopic (exact) mass is 388 g/mol. The topological polar surface area (TPSA) is 91.8 Å². The summed E-state index contributed by atoms with van der Waals surface area (Å²) in [4.78, 5) is 19.8. The van der Waals surface area contributed by atoms with Gasteiger partial charge < -0.3 is 14.5 Å². The minimum atomic E-state index is -3.78. The third-order valence-electron chi connectivity index (χ3n) is 4.80. The second-order valence-corrected chi connectivity index (χ2v) is 8.21. The summed E-state index contributed by atoms with van der Waals surface area (Å²) in [7, 11) is -2.10. The number of pyridine rings is 1. The van der Waals surface area contributed by atoms with E-state index < -0.39 is 10.0 Å². The summed E-state index contributed by atoms with van der Waals surface area (Å²) in [6.07, 6.45) is 1.86. The predicted molar refractivity (Wildman–Crippen MR) is 102 cm³/mol. The number of amides is 1. The number of likely N-dealkylation sites (N-methyl/N-ethyl adjacent to an activating group) is 1. The minimum Gasteiger partial charge on any atom is -0.378 e. The molecule has 1 fully saturated rings. The van der Waals surface area contributed by atoms with Crippen molar-refractivity contribution in [3.8, 4) is 0 Å². The molecule has 0 saturated carbocycles. The van der Waals surface area contributed by atoms with Gasteiger partial charge >= 0.3 is 0 Å². The van der Waals surface area contributed by atoms with Gasteiger partial charge in [-0.1, -0.05) is 0 Å². The highest BCUT2D eigenvalue weighted by molar-refractivity contribution is 7.92. The van der Waals surface area contributed by atoms with E-state index in [-0.39, 0.29) is 23.0 Å². The molecule has 3 heterocycles. The van der Waals surface area contributed by atoms with Gasteiger partial charge in [-0.2, -0.15) is 0 Å². The maximum Gasteiger partial charge on any atom is 0.263 e. The molecule has 0 spiro atoms. The Morgan fingerprint density at radius 2 is 1.93 bits per heavy atom. The predicted octanol–water partition coefficient (Wildman–Crippen LogP) is 1.24. The molecule has 0 aliphatic carbocycles. The fourth-order valence-corrected chi connectivity index (χ4v) is 4.32. The Kier molecular flexibility index (Phi) is 4.48. The highest BCUT2D eigenvalue weighted by Gasteiger charge is 2.26. The van der Waals surface area contributed by atoms with E-state index in [9.17, 15) is 13.2 Å². The van der Waals surface area contributed by atoms with Crippen molar-refractivity contribution in [3.63, 3.8) is 0 Å². The molecule has 27 heavy (non-hydrogen) atoms. The molecule has 1 aromatic carbocycles. The molecular formula is C18H20N4O4S. The number of sulfonamides is 1. The summed E-state index contributed by atoms with van der Waals surface area (Å²) in [6.45, 7) is 2.92. The normalized spacial score (nSPS) is 17.1. The Hall–Kier alpha value is -2.65. The molecule has 0 atom stereocenters. The van der Waals surface area contributed by atoms with Crippen LogP contribution < -0.4 is 14.5 Å². The van der Waals surface area contributed by atoms with Gasteiger partial charge in [0.1, 0.15) is 5.82 Å². The first-order chi connectivity index (χ1) is 12.9. The number of hydrogen-bond acceptors (Lipinski definition) is 6. The molecule has 0 radical (unpaired) electrons. The lowest BCUT2D eigenvalue weighted by Gasteiger charge is -2.28. The average molecular weight is 388 g/mol. The fraction of sp³-hybridized carbons (Fsp3) is 0.333. The Bertz CT molecular complexity index is 969. The van der Waals surface area contributed by atoms with Crippen LogP contribution in [-0.4, -0.2) is 52.7 Å². The van der Waals surface area contributed by atoms with E-state index in [0.29, 0.717) is 18.8 Å². The number of ether oxygens (including phenoxy) is 1. The van der Waals surface area contributed by atoms with E-state index in [4.69, 9.17) is 4.74 Å². The number of aromatic nitrogens is 1. The molecule has 4 rings (SSSR count). The van der Waals surface area contributed by atoms with E-state index in [1.165, 1.54) is 11.0 Å². The molecule has 0 bridgehead atoms. The van der Waals surface area contributed by atoms with Crippen LogP contribution in [0.3, 0.4) is 0 Å². The summed E-state index contributed by atoms with van der Waals surface area (Å²) < 4.78 is 33.2. The minimum absolute atomic E-state index is 0.0483. The van der Waals surface area contributed by atoms with Crippen LogP contribution >= 0.6 is 0 Å². The highest BCUT2D eigenvalue weighted by atomic mass is 32.2. The van der Waals surface area contributed by atoms with Gasteiger partial charge in [0.2, 0.25) is 5.91 Å². The van der Waals surface area contributed by atoms with Gasteiger partial charge in [-0.25, -0.2) is 13.4 Å². The van der Waals surface area contributed by atoms with Crippen LogP contribution in [0.5, 0.6) is 0 Å². The van der Waals surface area contributed by atoms with E-state index in [1.807, 2.05) is 6.07 Å². The van der Waals surface area contributed by atoms with Crippen molar-refractivity contribution in [2.45, 2.75) is 11.3 Å². The zero-order valence-corrected chi connectivity index (χ0v) is 15.7. The fourth-order valence-electron chi connectivity index (χ4n) is 3.27. The standard InChI is InChI=1S/C18H20N4O4S/c1-21-16-4-3-15(10-13(16)11-18(21)23)27(24,25)20-17-5-2-14(12-19-17)22-6-8-26-9-7-22/h2-5,10,12H,6-9,11H2,1H3,(H,19,20). The van der Waals surface area contributed by atoms with Gasteiger partial charge in [0, 0.05) is 25.8 Å². The molecule has 1 N–H and O–H groups in total. The molecular weight excluding hydrogens is 368 g/mol. The van der Waals surface area contributed by atoms with Crippen LogP contribution in [0.25, 0.3) is 0 Å². The Morgan fingerprint density at radius 1 is 1.15 bits per heavy atom. The Morgan fingerprint density at radius 3 is 2.63 bits per heavy atom. The van der Waals surface area contributed by atoms with Crippen molar-refractivity contribution >= 4 is 33.1 Å². The molecule has 1 saturated heterocycles. The molecule has 142 valence electrons. The number of nitrogens with zero attached hydrogens (tertiary/aromatic N) is 3.